The van der Waals surface area contributed by atoms with Crippen molar-refractivity contribution in [2.45, 2.75) is 51.9 Å². The quantitative estimate of drug-likeness (QED) is 0.896. The van der Waals surface area contributed by atoms with Crippen molar-refractivity contribution in [1.29, 1.82) is 0 Å². The first kappa shape index (κ1) is 15.0. The summed E-state index contributed by atoms with van der Waals surface area (Å²) in [5, 5.41) is 5.81. The van der Waals surface area contributed by atoms with Gasteiger partial charge in [0, 0.05) is 11.8 Å². The molecule has 2 N–H and O–H groups in total. The van der Waals surface area contributed by atoms with Crippen LogP contribution in [0.15, 0.2) is 12.3 Å². The zero-order chi connectivity index (χ0) is 15.5. The van der Waals surface area contributed by atoms with Crippen molar-refractivity contribution >= 4 is 23.3 Å². The lowest BCUT2D eigenvalue weighted by Gasteiger charge is -2.21. The van der Waals surface area contributed by atoms with E-state index in [9.17, 15) is 9.59 Å². The number of nitrogens with one attached hydrogen (secondary N) is 2. The summed E-state index contributed by atoms with van der Waals surface area (Å²) in [6.45, 7) is 1.92. The van der Waals surface area contributed by atoms with Crippen LogP contribution in [-0.2, 0) is 9.59 Å². The summed E-state index contributed by atoms with van der Waals surface area (Å²) < 4.78 is 0. The van der Waals surface area contributed by atoms with Crippen molar-refractivity contribution in [3.63, 3.8) is 0 Å². The molecule has 0 bridgehead atoms. The van der Waals surface area contributed by atoms with Gasteiger partial charge in [-0.1, -0.05) is 19.3 Å². The summed E-state index contributed by atoms with van der Waals surface area (Å²) in [7, 11) is 0. The number of anilines is 2. The van der Waals surface area contributed by atoms with Crippen molar-refractivity contribution in [2.75, 3.05) is 10.6 Å². The van der Waals surface area contributed by atoms with Gasteiger partial charge in [0.1, 0.15) is 5.82 Å². The highest BCUT2D eigenvalue weighted by molar-refractivity contribution is 5.95. The Bertz CT molecular complexity index is 575. The van der Waals surface area contributed by atoms with E-state index in [0.29, 0.717) is 5.82 Å². The summed E-state index contributed by atoms with van der Waals surface area (Å²) in [5.41, 5.74) is 1.66. The lowest BCUT2D eigenvalue weighted by Crippen LogP contribution is -2.25. The first-order valence-electron chi connectivity index (χ1n) is 8.22. The zero-order valence-corrected chi connectivity index (χ0v) is 13.0. The van der Waals surface area contributed by atoms with Gasteiger partial charge in [-0.15, -0.1) is 0 Å². The monoisotopic (exact) mass is 301 g/mol. The van der Waals surface area contributed by atoms with Gasteiger partial charge in [0.2, 0.25) is 11.8 Å². The van der Waals surface area contributed by atoms with Crippen LogP contribution in [0, 0.1) is 18.8 Å². The molecule has 1 aromatic heterocycles. The minimum atomic E-state index is 0.0471. The van der Waals surface area contributed by atoms with E-state index in [2.05, 4.69) is 15.6 Å². The molecule has 0 saturated heterocycles. The second kappa shape index (κ2) is 6.46. The Morgan fingerprint density at radius 2 is 1.64 bits per heavy atom. The van der Waals surface area contributed by atoms with Crippen molar-refractivity contribution in [2.24, 2.45) is 11.8 Å². The van der Waals surface area contributed by atoms with Gasteiger partial charge < -0.3 is 10.6 Å². The Hall–Kier alpha value is -1.91. The number of hydrogen-bond donors (Lipinski definition) is 2. The molecule has 3 rings (SSSR count). The molecule has 0 atom stereocenters. The SMILES string of the molecule is Cc1cc(NC(=O)C2CC2)ncc1NC(=O)C1CCCCC1. The molecular formula is C17H23N3O2. The molecule has 0 spiro atoms. The average Bonchev–Trinajstić information content (AvgIpc) is 3.35. The van der Waals surface area contributed by atoms with Crippen LogP contribution in [0.3, 0.4) is 0 Å². The molecule has 0 unspecified atom stereocenters. The fraction of sp³-hybridized carbons (Fsp3) is 0.588. The topological polar surface area (TPSA) is 71.1 Å². The number of rotatable bonds is 4. The van der Waals surface area contributed by atoms with Gasteiger partial charge in [-0.05, 0) is 44.2 Å². The minimum absolute atomic E-state index is 0.0471. The van der Waals surface area contributed by atoms with Gasteiger partial charge in [0.25, 0.3) is 0 Å². The maximum absolute atomic E-state index is 12.3. The van der Waals surface area contributed by atoms with Gasteiger partial charge in [-0.2, -0.15) is 0 Å². The molecule has 1 heterocycles. The fourth-order valence-electron chi connectivity index (χ4n) is 2.93. The molecule has 2 saturated carbocycles. The van der Waals surface area contributed by atoms with E-state index >= 15 is 0 Å². The van der Waals surface area contributed by atoms with Crippen molar-refractivity contribution < 1.29 is 9.59 Å². The Kier molecular flexibility index (Phi) is 4.41. The summed E-state index contributed by atoms with van der Waals surface area (Å²) in [4.78, 5) is 28.2. The number of amides is 2. The van der Waals surface area contributed by atoms with Gasteiger partial charge >= 0.3 is 0 Å². The number of carbonyl (C=O) groups excluding carboxylic acids is 2. The van der Waals surface area contributed by atoms with Crippen molar-refractivity contribution in [1.82, 2.24) is 4.98 Å². The van der Waals surface area contributed by atoms with Crippen molar-refractivity contribution in [3.8, 4) is 0 Å². The van der Waals surface area contributed by atoms with Gasteiger partial charge in [-0.3, -0.25) is 9.59 Å². The van der Waals surface area contributed by atoms with Crippen LogP contribution in [0.25, 0.3) is 0 Å². The second-order valence-electron chi connectivity index (χ2n) is 6.47. The molecule has 5 heteroatoms. The number of aromatic nitrogens is 1. The first-order chi connectivity index (χ1) is 10.6. The number of hydrogen-bond acceptors (Lipinski definition) is 3. The predicted octanol–water partition coefficient (Wildman–Crippen LogP) is 3.26. The molecule has 2 aliphatic rings. The molecule has 0 radical (unpaired) electrons. The van der Waals surface area contributed by atoms with E-state index in [4.69, 9.17) is 0 Å². The van der Waals surface area contributed by atoms with E-state index in [0.717, 1.165) is 49.8 Å². The fourth-order valence-corrected chi connectivity index (χ4v) is 2.93. The summed E-state index contributed by atoms with van der Waals surface area (Å²) in [5.74, 6) is 0.991. The highest BCUT2D eigenvalue weighted by Crippen LogP contribution is 2.30. The number of carbonyl (C=O) groups is 2. The molecule has 118 valence electrons. The molecule has 22 heavy (non-hydrogen) atoms. The molecule has 0 aromatic carbocycles. The molecule has 5 nitrogen and oxygen atoms in total. The molecule has 2 amide bonds. The third kappa shape index (κ3) is 3.64. The molecule has 0 aliphatic heterocycles. The van der Waals surface area contributed by atoms with Crippen LogP contribution >= 0.6 is 0 Å². The van der Waals surface area contributed by atoms with E-state index in [1.54, 1.807) is 6.20 Å². The Labute approximate surface area is 130 Å². The summed E-state index contributed by atoms with van der Waals surface area (Å²) in [6.07, 6.45) is 9.06. The number of nitrogens with zero attached hydrogens (tertiary/aromatic N) is 1. The smallest absolute Gasteiger partial charge is 0.228 e. The summed E-state index contributed by atoms with van der Waals surface area (Å²) in [6, 6.07) is 1.82. The molecule has 2 aliphatic carbocycles. The van der Waals surface area contributed by atoms with Crippen LogP contribution < -0.4 is 10.6 Å². The normalized spacial score (nSPS) is 18.8. The third-order valence-corrected chi connectivity index (χ3v) is 4.54. The lowest BCUT2D eigenvalue weighted by atomic mass is 9.88. The first-order valence-corrected chi connectivity index (χ1v) is 8.22. The van der Waals surface area contributed by atoms with E-state index < -0.39 is 0 Å². The van der Waals surface area contributed by atoms with Crippen LogP contribution in [0.5, 0.6) is 0 Å². The second-order valence-corrected chi connectivity index (χ2v) is 6.47. The average molecular weight is 301 g/mol. The van der Waals surface area contributed by atoms with E-state index in [1.165, 1.54) is 6.42 Å². The molecular weight excluding hydrogens is 278 g/mol. The summed E-state index contributed by atoms with van der Waals surface area (Å²) >= 11 is 0. The zero-order valence-electron chi connectivity index (χ0n) is 13.0. The standard InChI is InChI=1S/C17H23N3O2/c1-11-9-15(20-17(22)13-7-8-13)18-10-14(11)19-16(21)12-5-3-2-4-6-12/h9-10,12-13H,2-8H2,1H3,(H,19,21)(H,18,20,22). The predicted molar refractivity (Wildman–Crippen MR) is 85.5 cm³/mol. The number of aryl methyl sites for hydroxylation is 1. The van der Waals surface area contributed by atoms with Crippen LogP contribution in [0.4, 0.5) is 11.5 Å². The highest BCUT2D eigenvalue weighted by atomic mass is 16.2. The molecule has 1 aromatic rings. The lowest BCUT2D eigenvalue weighted by molar-refractivity contribution is -0.120. The Morgan fingerprint density at radius 3 is 2.27 bits per heavy atom. The maximum atomic E-state index is 12.3. The molecule has 2 fully saturated rings. The largest absolute Gasteiger partial charge is 0.324 e. The Morgan fingerprint density at radius 1 is 1.00 bits per heavy atom. The number of pyridine rings is 1. The minimum Gasteiger partial charge on any atom is -0.324 e. The maximum Gasteiger partial charge on any atom is 0.228 e. The van der Waals surface area contributed by atoms with Crippen LogP contribution in [0.2, 0.25) is 0 Å². The van der Waals surface area contributed by atoms with Gasteiger partial charge in [0.15, 0.2) is 0 Å². The van der Waals surface area contributed by atoms with Crippen LogP contribution in [-0.4, -0.2) is 16.8 Å². The van der Waals surface area contributed by atoms with Gasteiger partial charge in [0.05, 0.1) is 11.9 Å². The van der Waals surface area contributed by atoms with E-state index in [-0.39, 0.29) is 23.7 Å². The van der Waals surface area contributed by atoms with Crippen LogP contribution in [0.1, 0.15) is 50.5 Å². The van der Waals surface area contributed by atoms with E-state index in [1.807, 2.05) is 13.0 Å². The third-order valence-electron chi connectivity index (χ3n) is 4.54. The Balaban J connectivity index is 1.61. The van der Waals surface area contributed by atoms with Crippen molar-refractivity contribution in [3.05, 3.63) is 17.8 Å². The highest BCUT2D eigenvalue weighted by Gasteiger charge is 2.29. The van der Waals surface area contributed by atoms with Gasteiger partial charge in [-0.25, -0.2) is 4.98 Å².